The van der Waals surface area contributed by atoms with Crippen molar-refractivity contribution in [3.05, 3.63) is 23.4 Å². The van der Waals surface area contributed by atoms with Crippen molar-refractivity contribution < 1.29 is 4.79 Å². The molecule has 1 aliphatic rings. The van der Waals surface area contributed by atoms with Crippen LogP contribution in [0.2, 0.25) is 0 Å². The monoisotopic (exact) mass is 233 g/mol. The molecule has 0 aliphatic heterocycles. The van der Waals surface area contributed by atoms with Gasteiger partial charge >= 0.3 is 0 Å². The Kier molecular flexibility index (Phi) is 3.61. The van der Waals surface area contributed by atoms with Gasteiger partial charge in [0.15, 0.2) is 0 Å². The van der Waals surface area contributed by atoms with Crippen LogP contribution >= 0.6 is 0 Å². The molecule has 2 N–H and O–H groups in total. The maximum atomic E-state index is 12.0. The molecule has 0 saturated heterocycles. The van der Waals surface area contributed by atoms with Crippen molar-refractivity contribution >= 4 is 11.7 Å². The van der Waals surface area contributed by atoms with Crippen LogP contribution in [0.25, 0.3) is 0 Å². The Morgan fingerprint density at radius 2 is 2.24 bits per heavy atom. The number of aromatic nitrogens is 1. The molecule has 4 heteroatoms. The molecular formula is C13H19N3O. The summed E-state index contributed by atoms with van der Waals surface area (Å²) >= 11 is 0. The summed E-state index contributed by atoms with van der Waals surface area (Å²) in [5.41, 5.74) is 1.68. The summed E-state index contributed by atoms with van der Waals surface area (Å²) in [5.74, 6) is 0.778. The van der Waals surface area contributed by atoms with E-state index in [4.69, 9.17) is 0 Å². The SMILES string of the molecule is CCCc1cc(C(=O)NC2CC2)cc(NC)n1. The topological polar surface area (TPSA) is 54.0 Å². The highest BCUT2D eigenvalue weighted by atomic mass is 16.1. The molecule has 2 rings (SSSR count). The zero-order valence-corrected chi connectivity index (χ0v) is 10.4. The van der Waals surface area contributed by atoms with E-state index in [0.29, 0.717) is 11.6 Å². The van der Waals surface area contributed by atoms with E-state index in [9.17, 15) is 4.79 Å². The molecule has 1 aromatic heterocycles. The van der Waals surface area contributed by atoms with Crippen molar-refractivity contribution in [3.63, 3.8) is 0 Å². The van der Waals surface area contributed by atoms with E-state index in [1.165, 1.54) is 0 Å². The molecule has 92 valence electrons. The molecule has 1 fully saturated rings. The van der Waals surface area contributed by atoms with Gasteiger partial charge in [0.1, 0.15) is 5.82 Å². The van der Waals surface area contributed by atoms with Gasteiger partial charge < -0.3 is 10.6 Å². The van der Waals surface area contributed by atoms with Gasteiger partial charge in [-0.1, -0.05) is 13.3 Å². The molecule has 1 aromatic rings. The number of hydrogen-bond acceptors (Lipinski definition) is 3. The first kappa shape index (κ1) is 11.9. The predicted octanol–water partition coefficient (Wildman–Crippen LogP) is 1.97. The summed E-state index contributed by atoms with van der Waals surface area (Å²) in [4.78, 5) is 16.4. The average molecular weight is 233 g/mol. The van der Waals surface area contributed by atoms with Gasteiger partial charge in [0.05, 0.1) is 0 Å². The average Bonchev–Trinajstić information content (AvgIpc) is 3.13. The highest BCUT2D eigenvalue weighted by Crippen LogP contribution is 2.20. The van der Waals surface area contributed by atoms with Gasteiger partial charge in [0.25, 0.3) is 5.91 Å². The number of anilines is 1. The number of carbonyl (C=O) groups excluding carboxylic acids is 1. The number of nitrogens with zero attached hydrogens (tertiary/aromatic N) is 1. The van der Waals surface area contributed by atoms with E-state index in [1.54, 1.807) is 6.07 Å². The third kappa shape index (κ3) is 3.19. The summed E-state index contributed by atoms with van der Waals surface area (Å²) in [6.45, 7) is 2.11. The van der Waals surface area contributed by atoms with Crippen LogP contribution in [0.4, 0.5) is 5.82 Å². The highest BCUT2D eigenvalue weighted by Gasteiger charge is 2.24. The first-order valence-corrected chi connectivity index (χ1v) is 6.22. The molecule has 0 atom stereocenters. The highest BCUT2D eigenvalue weighted by molar-refractivity contribution is 5.95. The van der Waals surface area contributed by atoms with Crippen molar-refractivity contribution in [2.75, 3.05) is 12.4 Å². The minimum Gasteiger partial charge on any atom is -0.373 e. The fourth-order valence-corrected chi connectivity index (χ4v) is 1.73. The lowest BCUT2D eigenvalue weighted by molar-refractivity contribution is 0.0951. The van der Waals surface area contributed by atoms with Crippen molar-refractivity contribution in [1.82, 2.24) is 10.3 Å². The number of hydrogen-bond donors (Lipinski definition) is 2. The number of pyridine rings is 1. The minimum atomic E-state index is 0.0174. The van der Waals surface area contributed by atoms with Gasteiger partial charge in [-0.05, 0) is 31.4 Å². The zero-order valence-electron chi connectivity index (χ0n) is 10.4. The molecule has 4 nitrogen and oxygen atoms in total. The molecule has 0 radical (unpaired) electrons. The molecule has 1 amide bonds. The van der Waals surface area contributed by atoms with Gasteiger partial charge in [-0.25, -0.2) is 4.98 Å². The number of carbonyl (C=O) groups is 1. The van der Waals surface area contributed by atoms with E-state index in [0.717, 1.165) is 37.2 Å². The Morgan fingerprint density at radius 3 is 2.82 bits per heavy atom. The number of rotatable bonds is 5. The second kappa shape index (κ2) is 5.17. The quantitative estimate of drug-likeness (QED) is 0.817. The van der Waals surface area contributed by atoms with Crippen LogP contribution in [0.15, 0.2) is 12.1 Å². The van der Waals surface area contributed by atoms with Crippen LogP contribution in [0.1, 0.15) is 42.2 Å². The lowest BCUT2D eigenvalue weighted by Crippen LogP contribution is -2.25. The number of aryl methyl sites for hydroxylation is 1. The van der Waals surface area contributed by atoms with Crippen LogP contribution in [0.3, 0.4) is 0 Å². The Morgan fingerprint density at radius 1 is 1.47 bits per heavy atom. The predicted molar refractivity (Wildman–Crippen MR) is 68.3 cm³/mol. The van der Waals surface area contributed by atoms with Crippen LogP contribution in [-0.4, -0.2) is 24.0 Å². The van der Waals surface area contributed by atoms with Crippen molar-refractivity contribution in [3.8, 4) is 0 Å². The summed E-state index contributed by atoms with van der Waals surface area (Å²) in [6, 6.07) is 4.09. The maximum absolute atomic E-state index is 12.0. The lowest BCUT2D eigenvalue weighted by Gasteiger charge is -2.08. The molecule has 0 aromatic carbocycles. The Balaban J connectivity index is 2.18. The minimum absolute atomic E-state index is 0.0174. The van der Waals surface area contributed by atoms with Gasteiger partial charge in [-0.2, -0.15) is 0 Å². The van der Waals surface area contributed by atoms with E-state index in [2.05, 4.69) is 22.5 Å². The third-order valence-corrected chi connectivity index (χ3v) is 2.82. The van der Waals surface area contributed by atoms with Gasteiger partial charge in [0.2, 0.25) is 0 Å². The van der Waals surface area contributed by atoms with Crippen LogP contribution in [0.5, 0.6) is 0 Å². The van der Waals surface area contributed by atoms with E-state index < -0.39 is 0 Å². The van der Waals surface area contributed by atoms with Crippen LogP contribution in [0, 0.1) is 0 Å². The summed E-state index contributed by atoms with van der Waals surface area (Å²) in [6.07, 6.45) is 4.15. The van der Waals surface area contributed by atoms with E-state index in [1.807, 2.05) is 13.1 Å². The molecule has 17 heavy (non-hydrogen) atoms. The first-order chi connectivity index (χ1) is 8.22. The van der Waals surface area contributed by atoms with Gasteiger partial charge in [-0.15, -0.1) is 0 Å². The number of amides is 1. The second-order valence-corrected chi connectivity index (χ2v) is 4.48. The molecule has 0 spiro atoms. The molecule has 1 heterocycles. The lowest BCUT2D eigenvalue weighted by atomic mass is 10.1. The second-order valence-electron chi connectivity index (χ2n) is 4.48. The molecule has 1 aliphatic carbocycles. The standard InChI is InChI=1S/C13H19N3O/c1-3-4-11-7-9(8-12(14-2)15-11)13(17)16-10-5-6-10/h7-8,10H,3-6H2,1-2H3,(H,14,15)(H,16,17). The van der Waals surface area contributed by atoms with Crippen LogP contribution < -0.4 is 10.6 Å². The van der Waals surface area contributed by atoms with Gasteiger partial charge in [-0.3, -0.25) is 4.79 Å². The Hall–Kier alpha value is -1.58. The van der Waals surface area contributed by atoms with Gasteiger partial charge in [0, 0.05) is 24.3 Å². The largest absolute Gasteiger partial charge is 0.373 e. The zero-order chi connectivity index (χ0) is 12.3. The molecular weight excluding hydrogens is 214 g/mol. The van der Waals surface area contributed by atoms with Crippen LogP contribution in [-0.2, 0) is 6.42 Å². The maximum Gasteiger partial charge on any atom is 0.251 e. The molecule has 0 bridgehead atoms. The Bertz CT molecular complexity index is 413. The normalized spacial score (nSPS) is 14.5. The summed E-state index contributed by atoms with van der Waals surface area (Å²) in [7, 11) is 1.82. The third-order valence-electron chi connectivity index (χ3n) is 2.82. The fourth-order valence-electron chi connectivity index (χ4n) is 1.73. The van der Waals surface area contributed by atoms with E-state index >= 15 is 0 Å². The van der Waals surface area contributed by atoms with Crippen molar-refractivity contribution in [1.29, 1.82) is 0 Å². The first-order valence-electron chi connectivity index (χ1n) is 6.22. The smallest absolute Gasteiger partial charge is 0.251 e. The van der Waals surface area contributed by atoms with Crippen molar-refractivity contribution in [2.45, 2.75) is 38.6 Å². The summed E-state index contributed by atoms with van der Waals surface area (Å²) < 4.78 is 0. The van der Waals surface area contributed by atoms with Crippen molar-refractivity contribution in [2.24, 2.45) is 0 Å². The number of nitrogens with one attached hydrogen (secondary N) is 2. The Labute approximate surface area is 102 Å². The van der Waals surface area contributed by atoms with E-state index in [-0.39, 0.29) is 5.91 Å². The summed E-state index contributed by atoms with van der Waals surface area (Å²) in [5, 5.41) is 6.00. The fraction of sp³-hybridized carbons (Fsp3) is 0.538. The molecule has 0 unspecified atom stereocenters. The molecule has 1 saturated carbocycles.